The largest absolute Gasteiger partial charge is 0.456 e. The van der Waals surface area contributed by atoms with Crippen molar-refractivity contribution in [3.05, 3.63) is 81.3 Å². The van der Waals surface area contributed by atoms with Gasteiger partial charge in [-0.05, 0) is 92.1 Å². The molecule has 36 heavy (non-hydrogen) atoms. The zero-order valence-corrected chi connectivity index (χ0v) is 23.1. The van der Waals surface area contributed by atoms with Gasteiger partial charge >= 0.3 is 5.97 Å². The Morgan fingerprint density at radius 1 is 0.833 bits per heavy atom. The molecule has 6 nitrogen and oxygen atoms in total. The fourth-order valence-corrected chi connectivity index (χ4v) is 4.47. The Balaban J connectivity index is 1.34. The third-order valence-corrected chi connectivity index (χ3v) is 7.58. The molecule has 0 aliphatic carbocycles. The lowest BCUT2D eigenvalue weighted by Gasteiger charge is -2.10. The van der Waals surface area contributed by atoms with Crippen LogP contribution in [0.1, 0.15) is 30.4 Å². The molecule has 0 bridgehead atoms. The molecule has 0 atom stereocenters. The molecule has 0 radical (unpaired) electrons. The van der Waals surface area contributed by atoms with Crippen LogP contribution in [0.5, 0.6) is 0 Å². The number of ether oxygens (including phenoxy) is 1. The zero-order valence-electron chi connectivity index (χ0n) is 19.9. The zero-order chi connectivity index (χ0) is 26.1. The Morgan fingerprint density at radius 3 is 2.00 bits per heavy atom. The normalized spacial score (nSPS) is 10.6. The van der Waals surface area contributed by atoms with E-state index in [0.717, 1.165) is 25.4 Å². The van der Waals surface area contributed by atoms with E-state index in [1.165, 1.54) is 0 Å². The second kappa shape index (κ2) is 13.5. The van der Waals surface area contributed by atoms with Gasteiger partial charge in [-0.1, -0.05) is 39.3 Å². The lowest BCUT2D eigenvalue weighted by Crippen LogP contribution is -2.21. The first-order chi connectivity index (χ1) is 17.2. The van der Waals surface area contributed by atoms with E-state index in [1.54, 1.807) is 11.8 Å². The van der Waals surface area contributed by atoms with Crippen molar-refractivity contribution in [1.29, 1.82) is 0 Å². The van der Waals surface area contributed by atoms with Gasteiger partial charge in [0.2, 0.25) is 5.91 Å². The molecule has 0 heterocycles. The topological polar surface area (TPSA) is 84.5 Å². The fraction of sp³-hybridized carbons (Fsp3) is 0.222. The van der Waals surface area contributed by atoms with Crippen molar-refractivity contribution in [3.63, 3.8) is 0 Å². The predicted octanol–water partition coefficient (Wildman–Crippen LogP) is 7.16. The van der Waals surface area contributed by atoms with Crippen molar-refractivity contribution in [1.82, 2.24) is 0 Å². The molecule has 3 rings (SSSR count). The predicted molar refractivity (Wildman–Crippen MR) is 148 cm³/mol. The standard InChI is InChI=1S/C27H26BrClN2O4S/c1-17-14-21(15-18(2)27(17)28)31-25(33)16-35-26(34)5-3-4-24(32)30-20-8-12-23(13-9-20)36-22-10-6-19(29)7-11-22/h6-15H,3-5,16H2,1-2H3,(H,30,32)(H,31,33). The van der Waals surface area contributed by atoms with Gasteiger partial charge in [0.1, 0.15) is 0 Å². The highest BCUT2D eigenvalue weighted by molar-refractivity contribution is 9.10. The Hall–Kier alpha value is -2.81. The molecule has 0 aliphatic heterocycles. The first kappa shape index (κ1) is 27.8. The molecular formula is C27H26BrClN2O4S. The van der Waals surface area contributed by atoms with E-state index >= 15 is 0 Å². The van der Waals surface area contributed by atoms with E-state index in [1.807, 2.05) is 74.5 Å². The Bertz CT molecular complexity index is 1210. The van der Waals surface area contributed by atoms with Gasteiger partial charge in [-0.15, -0.1) is 0 Å². The molecule has 0 aliphatic rings. The minimum Gasteiger partial charge on any atom is -0.456 e. The van der Waals surface area contributed by atoms with Crippen LogP contribution in [0.15, 0.2) is 74.9 Å². The minimum atomic E-state index is -0.523. The first-order valence-corrected chi connectivity index (χ1v) is 13.2. The van der Waals surface area contributed by atoms with Crippen molar-refractivity contribution >= 4 is 68.5 Å². The molecule has 3 aromatic carbocycles. The molecule has 0 unspecified atom stereocenters. The number of carbonyl (C=O) groups is 3. The van der Waals surface area contributed by atoms with Crippen LogP contribution < -0.4 is 10.6 Å². The smallest absolute Gasteiger partial charge is 0.306 e. The number of carbonyl (C=O) groups excluding carboxylic acids is 3. The summed E-state index contributed by atoms with van der Waals surface area (Å²) >= 11 is 11.0. The third-order valence-electron chi connectivity index (χ3n) is 5.06. The summed E-state index contributed by atoms with van der Waals surface area (Å²) in [6.45, 7) is 3.49. The summed E-state index contributed by atoms with van der Waals surface area (Å²) in [6, 6.07) is 18.8. The second-order valence-electron chi connectivity index (χ2n) is 8.11. The summed E-state index contributed by atoms with van der Waals surface area (Å²) in [5, 5.41) is 6.23. The average molecular weight is 590 g/mol. The maximum atomic E-state index is 12.2. The number of halogens is 2. The van der Waals surface area contributed by atoms with Gasteiger partial charge in [0.05, 0.1) is 0 Å². The van der Waals surface area contributed by atoms with Crippen LogP contribution in [0, 0.1) is 13.8 Å². The maximum Gasteiger partial charge on any atom is 0.306 e. The highest BCUT2D eigenvalue weighted by atomic mass is 79.9. The van der Waals surface area contributed by atoms with Crippen LogP contribution in [-0.2, 0) is 19.1 Å². The maximum absolute atomic E-state index is 12.2. The van der Waals surface area contributed by atoms with Gasteiger partial charge in [-0.25, -0.2) is 0 Å². The monoisotopic (exact) mass is 588 g/mol. The van der Waals surface area contributed by atoms with Crippen molar-refractivity contribution in [2.45, 2.75) is 42.9 Å². The summed E-state index contributed by atoms with van der Waals surface area (Å²) in [5.41, 5.74) is 3.31. The average Bonchev–Trinajstić information content (AvgIpc) is 2.84. The summed E-state index contributed by atoms with van der Waals surface area (Å²) in [5.74, 6) is -1.13. The lowest BCUT2D eigenvalue weighted by atomic mass is 10.1. The number of esters is 1. The van der Waals surface area contributed by atoms with Crippen LogP contribution >= 0.6 is 39.3 Å². The van der Waals surface area contributed by atoms with Crippen LogP contribution in [0.4, 0.5) is 11.4 Å². The molecule has 2 N–H and O–H groups in total. The van der Waals surface area contributed by atoms with E-state index in [-0.39, 0.29) is 25.4 Å². The van der Waals surface area contributed by atoms with Crippen LogP contribution in [0.3, 0.4) is 0 Å². The van der Waals surface area contributed by atoms with Crippen LogP contribution in [0.2, 0.25) is 5.02 Å². The van der Waals surface area contributed by atoms with Gasteiger partial charge in [-0.3, -0.25) is 14.4 Å². The number of anilines is 2. The van der Waals surface area contributed by atoms with E-state index in [2.05, 4.69) is 26.6 Å². The van der Waals surface area contributed by atoms with E-state index < -0.39 is 11.9 Å². The van der Waals surface area contributed by atoms with Gasteiger partial charge in [0, 0.05) is 43.5 Å². The van der Waals surface area contributed by atoms with Gasteiger partial charge in [0.15, 0.2) is 6.61 Å². The lowest BCUT2D eigenvalue weighted by molar-refractivity contribution is -0.147. The molecular weight excluding hydrogens is 564 g/mol. The number of rotatable bonds is 10. The SMILES string of the molecule is Cc1cc(NC(=O)COC(=O)CCCC(=O)Nc2ccc(Sc3ccc(Cl)cc3)cc2)cc(C)c1Br. The van der Waals surface area contributed by atoms with Gasteiger partial charge in [0.25, 0.3) is 5.91 Å². The highest BCUT2D eigenvalue weighted by Gasteiger charge is 2.11. The van der Waals surface area contributed by atoms with Gasteiger partial charge in [-0.2, -0.15) is 0 Å². The van der Waals surface area contributed by atoms with Crippen molar-refractivity contribution in [2.75, 3.05) is 17.2 Å². The minimum absolute atomic E-state index is 0.0495. The number of hydrogen-bond acceptors (Lipinski definition) is 5. The molecule has 188 valence electrons. The number of hydrogen-bond donors (Lipinski definition) is 2. The number of benzene rings is 3. The molecule has 3 aromatic rings. The van der Waals surface area contributed by atoms with E-state index in [0.29, 0.717) is 22.8 Å². The molecule has 9 heteroatoms. The number of aryl methyl sites for hydroxylation is 2. The summed E-state index contributed by atoms with van der Waals surface area (Å²) in [6.07, 6.45) is 0.537. The molecule has 2 amide bonds. The van der Waals surface area contributed by atoms with Crippen molar-refractivity contribution < 1.29 is 19.1 Å². The van der Waals surface area contributed by atoms with Crippen LogP contribution in [-0.4, -0.2) is 24.4 Å². The highest BCUT2D eigenvalue weighted by Crippen LogP contribution is 2.29. The molecule has 0 saturated heterocycles. The number of amides is 2. The van der Waals surface area contributed by atoms with E-state index in [4.69, 9.17) is 16.3 Å². The van der Waals surface area contributed by atoms with Crippen LogP contribution in [0.25, 0.3) is 0 Å². The summed E-state index contributed by atoms with van der Waals surface area (Å²) < 4.78 is 6.01. The molecule has 0 aromatic heterocycles. The Morgan fingerprint density at radius 2 is 1.39 bits per heavy atom. The second-order valence-corrected chi connectivity index (χ2v) is 10.5. The summed E-state index contributed by atoms with van der Waals surface area (Å²) in [4.78, 5) is 38.3. The molecule has 0 saturated carbocycles. The molecule has 0 spiro atoms. The fourth-order valence-electron chi connectivity index (χ4n) is 3.30. The van der Waals surface area contributed by atoms with Crippen molar-refractivity contribution in [3.8, 4) is 0 Å². The third kappa shape index (κ3) is 9.00. The Kier molecular flexibility index (Phi) is 10.4. The van der Waals surface area contributed by atoms with Crippen molar-refractivity contribution in [2.24, 2.45) is 0 Å². The first-order valence-electron chi connectivity index (χ1n) is 11.2. The summed E-state index contributed by atoms with van der Waals surface area (Å²) in [7, 11) is 0. The number of nitrogens with one attached hydrogen (secondary N) is 2. The Labute approximate surface area is 228 Å². The molecule has 0 fully saturated rings. The van der Waals surface area contributed by atoms with E-state index in [9.17, 15) is 14.4 Å². The quantitative estimate of drug-likeness (QED) is 0.245. The van der Waals surface area contributed by atoms with Gasteiger partial charge < -0.3 is 15.4 Å².